The number of sulfonamides is 1. The Morgan fingerprint density at radius 3 is 2.12 bits per heavy atom. The number of hydrogen-bond acceptors (Lipinski definition) is 4. The Balaban J connectivity index is 1.71. The third kappa shape index (κ3) is 6.35. The van der Waals surface area contributed by atoms with E-state index in [2.05, 4.69) is 24.4 Å². The fraction of sp³-hybridized carbons (Fsp3) is 0.200. The molecule has 32 heavy (non-hydrogen) atoms. The highest BCUT2D eigenvalue weighted by atomic mass is 32.2. The average molecular weight is 450 g/mol. The number of nitrogens with zero attached hydrogens (tertiary/aromatic N) is 2. The lowest BCUT2D eigenvalue weighted by Crippen LogP contribution is -2.39. The molecule has 3 aromatic rings. The van der Waals surface area contributed by atoms with Crippen molar-refractivity contribution in [3.05, 3.63) is 102 Å². The quantitative estimate of drug-likeness (QED) is 0.394. The van der Waals surface area contributed by atoms with Crippen LogP contribution in [0.4, 0.5) is 0 Å². The smallest absolute Gasteiger partial charge is 0.255 e. The Morgan fingerprint density at radius 2 is 1.53 bits per heavy atom. The first-order chi connectivity index (χ1) is 15.4. The van der Waals surface area contributed by atoms with Gasteiger partial charge < -0.3 is 0 Å². The van der Waals surface area contributed by atoms with Crippen LogP contribution in [0.1, 0.15) is 36.5 Å². The van der Waals surface area contributed by atoms with Crippen molar-refractivity contribution >= 4 is 22.1 Å². The molecule has 0 heterocycles. The topological polar surface area (TPSA) is 78.8 Å². The number of hydrogen-bond donors (Lipinski definition) is 1. The van der Waals surface area contributed by atoms with Crippen molar-refractivity contribution in [3.8, 4) is 0 Å². The molecule has 1 N–H and O–H groups in total. The predicted octanol–water partition coefficient (Wildman–Crippen LogP) is 4.15. The van der Waals surface area contributed by atoms with Gasteiger partial charge in [-0.15, -0.1) is 0 Å². The summed E-state index contributed by atoms with van der Waals surface area (Å²) in [4.78, 5) is 12.7. The number of carbonyl (C=O) groups excluding carboxylic acids is 1. The lowest BCUT2D eigenvalue weighted by atomic mass is 10.0. The minimum Gasteiger partial charge on any atom is -0.272 e. The second kappa shape index (κ2) is 10.8. The average Bonchev–Trinajstić information content (AvgIpc) is 2.80. The van der Waals surface area contributed by atoms with Crippen LogP contribution in [0.2, 0.25) is 0 Å². The molecule has 0 saturated carbocycles. The summed E-state index contributed by atoms with van der Waals surface area (Å²) in [6.07, 6.45) is 1.54. The first-order valence-corrected chi connectivity index (χ1v) is 11.8. The van der Waals surface area contributed by atoms with Gasteiger partial charge in [-0.25, -0.2) is 13.8 Å². The summed E-state index contributed by atoms with van der Waals surface area (Å²) in [5.41, 5.74) is 5.28. The summed E-state index contributed by atoms with van der Waals surface area (Å²) in [6.45, 7) is 3.96. The van der Waals surface area contributed by atoms with Crippen LogP contribution in [-0.2, 0) is 21.4 Å². The van der Waals surface area contributed by atoms with Crippen LogP contribution < -0.4 is 5.43 Å². The summed E-state index contributed by atoms with van der Waals surface area (Å²) in [5.74, 6) is -0.0849. The van der Waals surface area contributed by atoms with E-state index in [0.717, 1.165) is 15.4 Å². The SMILES string of the molecule is CC(C)c1ccc(/C=N/NC(=O)CN(Cc2ccccc2)S(=O)(=O)c2ccccc2)cc1. The lowest BCUT2D eigenvalue weighted by molar-refractivity contribution is -0.121. The van der Waals surface area contributed by atoms with Gasteiger partial charge in [0.15, 0.2) is 0 Å². The maximum absolute atomic E-state index is 13.2. The van der Waals surface area contributed by atoms with E-state index >= 15 is 0 Å². The van der Waals surface area contributed by atoms with Gasteiger partial charge in [-0.3, -0.25) is 4.79 Å². The molecule has 7 heteroatoms. The zero-order valence-electron chi connectivity index (χ0n) is 18.2. The van der Waals surface area contributed by atoms with Gasteiger partial charge in [-0.1, -0.05) is 86.6 Å². The summed E-state index contributed by atoms with van der Waals surface area (Å²) in [6, 6.07) is 25.1. The highest BCUT2D eigenvalue weighted by Gasteiger charge is 2.26. The van der Waals surface area contributed by atoms with E-state index in [1.165, 1.54) is 23.9 Å². The van der Waals surface area contributed by atoms with E-state index in [1.54, 1.807) is 18.2 Å². The third-order valence-corrected chi connectivity index (χ3v) is 6.71. The molecule has 3 rings (SSSR count). The molecule has 0 unspecified atom stereocenters. The van der Waals surface area contributed by atoms with Gasteiger partial charge in [-0.05, 0) is 34.7 Å². The highest BCUT2D eigenvalue weighted by Crippen LogP contribution is 2.18. The molecule has 166 valence electrons. The van der Waals surface area contributed by atoms with Crippen LogP contribution in [0.25, 0.3) is 0 Å². The van der Waals surface area contributed by atoms with E-state index in [1.807, 2.05) is 54.6 Å². The first kappa shape index (κ1) is 23.4. The maximum atomic E-state index is 13.2. The molecule has 0 aliphatic rings. The normalized spacial score (nSPS) is 11.9. The monoisotopic (exact) mass is 449 g/mol. The van der Waals surface area contributed by atoms with Crippen molar-refractivity contribution in [2.45, 2.75) is 31.2 Å². The molecule has 0 aliphatic heterocycles. The largest absolute Gasteiger partial charge is 0.272 e. The molecule has 0 fully saturated rings. The van der Waals surface area contributed by atoms with Crippen molar-refractivity contribution in [3.63, 3.8) is 0 Å². The molecule has 0 saturated heterocycles. The number of carbonyl (C=O) groups is 1. The number of amides is 1. The second-order valence-corrected chi connectivity index (χ2v) is 9.62. The number of nitrogens with one attached hydrogen (secondary N) is 1. The summed E-state index contributed by atoms with van der Waals surface area (Å²) >= 11 is 0. The summed E-state index contributed by atoms with van der Waals surface area (Å²) in [7, 11) is -3.86. The molecule has 0 spiro atoms. The third-order valence-electron chi connectivity index (χ3n) is 4.91. The van der Waals surface area contributed by atoms with Gasteiger partial charge in [0.05, 0.1) is 17.7 Å². The summed E-state index contributed by atoms with van der Waals surface area (Å²) < 4.78 is 27.5. The number of rotatable bonds is 9. The molecule has 6 nitrogen and oxygen atoms in total. The molecule has 0 atom stereocenters. The Morgan fingerprint density at radius 1 is 0.938 bits per heavy atom. The predicted molar refractivity (Wildman–Crippen MR) is 127 cm³/mol. The van der Waals surface area contributed by atoms with E-state index in [4.69, 9.17) is 0 Å². The molecule has 1 amide bonds. The van der Waals surface area contributed by atoms with E-state index in [0.29, 0.717) is 5.92 Å². The fourth-order valence-electron chi connectivity index (χ4n) is 3.10. The van der Waals surface area contributed by atoms with E-state index in [9.17, 15) is 13.2 Å². The van der Waals surface area contributed by atoms with E-state index in [-0.39, 0.29) is 18.0 Å². The molecule has 0 bridgehead atoms. The van der Waals surface area contributed by atoms with Crippen molar-refractivity contribution in [1.29, 1.82) is 0 Å². The summed E-state index contributed by atoms with van der Waals surface area (Å²) in [5, 5.41) is 3.98. The minimum atomic E-state index is -3.86. The number of hydrazone groups is 1. The van der Waals surface area contributed by atoms with Gasteiger partial charge in [0.25, 0.3) is 5.91 Å². The zero-order chi connectivity index (χ0) is 23.0. The minimum absolute atomic E-state index is 0.0753. The Labute approximate surface area is 189 Å². The Hall–Kier alpha value is -3.29. The van der Waals surface area contributed by atoms with E-state index < -0.39 is 15.9 Å². The highest BCUT2D eigenvalue weighted by molar-refractivity contribution is 7.89. The van der Waals surface area contributed by atoms with Crippen molar-refractivity contribution in [2.24, 2.45) is 5.10 Å². The molecule has 0 radical (unpaired) electrons. The molecule has 0 aromatic heterocycles. The van der Waals surface area contributed by atoms with Crippen LogP contribution in [-0.4, -0.2) is 31.4 Å². The van der Waals surface area contributed by atoms with Gasteiger partial charge in [0.1, 0.15) is 0 Å². The van der Waals surface area contributed by atoms with Crippen LogP contribution in [0.3, 0.4) is 0 Å². The number of benzene rings is 3. The first-order valence-electron chi connectivity index (χ1n) is 10.4. The standard InChI is InChI=1S/C25H27N3O3S/c1-20(2)23-15-13-21(14-16-23)17-26-27-25(29)19-28(18-22-9-5-3-6-10-22)32(30,31)24-11-7-4-8-12-24/h3-17,20H,18-19H2,1-2H3,(H,27,29)/b26-17+. The van der Waals surface area contributed by atoms with Crippen LogP contribution in [0, 0.1) is 0 Å². The van der Waals surface area contributed by atoms with Crippen molar-refractivity contribution in [2.75, 3.05) is 6.54 Å². The van der Waals surface area contributed by atoms with Gasteiger partial charge in [0.2, 0.25) is 10.0 Å². The van der Waals surface area contributed by atoms with Gasteiger partial charge in [0, 0.05) is 6.54 Å². The van der Waals surface area contributed by atoms with Gasteiger partial charge >= 0.3 is 0 Å². The zero-order valence-corrected chi connectivity index (χ0v) is 19.0. The molecule has 0 aliphatic carbocycles. The molecular formula is C25H27N3O3S. The molecule has 3 aromatic carbocycles. The maximum Gasteiger partial charge on any atom is 0.255 e. The fourth-order valence-corrected chi connectivity index (χ4v) is 4.50. The van der Waals surface area contributed by atoms with Crippen molar-refractivity contribution < 1.29 is 13.2 Å². The van der Waals surface area contributed by atoms with Crippen LogP contribution in [0.15, 0.2) is 94.9 Å². The lowest BCUT2D eigenvalue weighted by Gasteiger charge is -2.21. The second-order valence-electron chi connectivity index (χ2n) is 7.69. The van der Waals surface area contributed by atoms with Crippen LogP contribution >= 0.6 is 0 Å². The Bertz CT molecular complexity index is 1140. The Kier molecular flexibility index (Phi) is 7.92. The molecular weight excluding hydrogens is 422 g/mol. The van der Waals surface area contributed by atoms with Gasteiger partial charge in [-0.2, -0.15) is 9.41 Å². The van der Waals surface area contributed by atoms with Crippen LogP contribution in [0.5, 0.6) is 0 Å². The van der Waals surface area contributed by atoms with Crippen molar-refractivity contribution in [1.82, 2.24) is 9.73 Å².